The Morgan fingerprint density at radius 3 is 2.30 bits per heavy atom. The molecule has 0 unspecified atom stereocenters. The lowest BCUT2D eigenvalue weighted by molar-refractivity contribution is -0.132. The van der Waals surface area contributed by atoms with E-state index >= 15 is 0 Å². The quantitative estimate of drug-likeness (QED) is 0.603. The molecule has 1 aromatic rings. The number of rotatable bonds is 5. The number of methoxy groups -OCH3 is 1. The minimum absolute atomic E-state index is 0.213. The molecule has 3 rings (SSSR count). The number of carbonyl (C=O) groups is 1. The van der Waals surface area contributed by atoms with Crippen LogP contribution in [0.1, 0.15) is 31.2 Å². The summed E-state index contributed by atoms with van der Waals surface area (Å²) >= 11 is 0. The SMILES string of the molecule is COC(=O)/C(=N/N1CCCC1)c1ccc(S(=O)(=O)C2CC2)cc1. The van der Waals surface area contributed by atoms with Gasteiger partial charge in [-0.2, -0.15) is 5.10 Å². The van der Waals surface area contributed by atoms with Crippen molar-refractivity contribution in [3.63, 3.8) is 0 Å². The molecule has 1 aliphatic carbocycles. The molecular formula is C16H20N2O4S. The van der Waals surface area contributed by atoms with Gasteiger partial charge in [0.1, 0.15) is 0 Å². The van der Waals surface area contributed by atoms with Gasteiger partial charge in [0.05, 0.1) is 17.3 Å². The summed E-state index contributed by atoms with van der Waals surface area (Å²) in [7, 11) is -1.91. The number of carbonyl (C=O) groups excluding carboxylic acids is 1. The molecule has 0 N–H and O–H groups in total. The highest BCUT2D eigenvalue weighted by molar-refractivity contribution is 7.92. The summed E-state index contributed by atoms with van der Waals surface area (Å²) in [5, 5.41) is 5.99. The van der Waals surface area contributed by atoms with E-state index in [1.54, 1.807) is 24.3 Å². The third-order valence-electron chi connectivity index (χ3n) is 4.12. The smallest absolute Gasteiger partial charge is 0.359 e. The zero-order chi connectivity index (χ0) is 16.4. The van der Waals surface area contributed by atoms with Crippen molar-refractivity contribution in [3.05, 3.63) is 29.8 Å². The summed E-state index contributed by atoms with van der Waals surface area (Å²) in [5.41, 5.74) is 0.781. The molecule has 23 heavy (non-hydrogen) atoms. The van der Waals surface area contributed by atoms with Gasteiger partial charge in [-0.05, 0) is 37.8 Å². The Hall–Kier alpha value is -1.89. The fourth-order valence-electron chi connectivity index (χ4n) is 2.63. The van der Waals surface area contributed by atoms with Crippen LogP contribution in [0.2, 0.25) is 0 Å². The van der Waals surface area contributed by atoms with Gasteiger partial charge >= 0.3 is 5.97 Å². The van der Waals surface area contributed by atoms with Crippen molar-refractivity contribution in [2.75, 3.05) is 20.2 Å². The predicted octanol–water partition coefficient (Wildman–Crippen LogP) is 1.60. The molecule has 7 heteroatoms. The van der Waals surface area contributed by atoms with Gasteiger partial charge in [0.2, 0.25) is 0 Å². The number of hydrogen-bond donors (Lipinski definition) is 0. The number of ether oxygens (including phenoxy) is 1. The molecule has 1 aromatic carbocycles. The largest absolute Gasteiger partial charge is 0.464 e. The molecular weight excluding hydrogens is 316 g/mol. The molecule has 1 heterocycles. The Morgan fingerprint density at radius 1 is 1.17 bits per heavy atom. The molecule has 0 atom stereocenters. The lowest BCUT2D eigenvalue weighted by atomic mass is 10.1. The first-order chi connectivity index (χ1) is 11.0. The van der Waals surface area contributed by atoms with Crippen molar-refractivity contribution < 1.29 is 17.9 Å². The van der Waals surface area contributed by atoms with Crippen LogP contribution >= 0.6 is 0 Å². The van der Waals surface area contributed by atoms with E-state index in [1.807, 2.05) is 5.01 Å². The van der Waals surface area contributed by atoms with E-state index in [-0.39, 0.29) is 11.0 Å². The zero-order valence-corrected chi connectivity index (χ0v) is 13.9. The van der Waals surface area contributed by atoms with Gasteiger partial charge in [-0.1, -0.05) is 12.1 Å². The van der Waals surface area contributed by atoms with Crippen LogP contribution < -0.4 is 0 Å². The average molecular weight is 336 g/mol. The molecule has 1 saturated carbocycles. The Bertz CT molecular complexity index is 715. The molecule has 1 aliphatic heterocycles. The Labute approximate surface area is 136 Å². The van der Waals surface area contributed by atoms with Crippen molar-refractivity contribution in [1.29, 1.82) is 0 Å². The number of esters is 1. The van der Waals surface area contributed by atoms with Gasteiger partial charge in [-0.15, -0.1) is 0 Å². The number of nitrogens with zero attached hydrogens (tertiary/aromatic N) is 2. The van der Waals surface area contributed by atoms with Gasteiger partial charge in [0, 0.05) is 18.7 Å². The minimum Gasteiger partial charge on any atom is -0.464 e. The van der Waals surface area contributed by atoms with Crippen LogP contribution in [0.25, 0.3) is 0 Å². The van der Waals surface area contributed by atoms with Crippen molar-refractivity contribution in [1.82, 2.24) is 5.01 Å². The van der Waals surface area contributed by atoms with Crippen molar-refractivity contribution in [2.45, 2.75) is 35.8 Å². The summed E-state index contributed by atoms with van der Waals surface area (Å²) in [6.07, 6.45) is 3.56. The molecule has 2 fully saturated rings. The Balaban J connectivity index is 1.89. The molecule has 0 spiro atoms. The first kappa shape index (κ1) is 16.0. The van der Waals surface area contributed by atoms with E-state index in [1.165, 1.54) is 7.11 Å². The van der Waals surface area contributed by atoms with Crippen LogP contribution in [0.5, 0.6) is 0 Å². The van der Waals surface area contributed by atoms with Gasteiger partial charge in [-0.3, -0.25) is 5.01 Å². The third-order valence-corrected chi connectivity index (χ3v) is 6.40. The summed E-state index contributed by atoms with van der Waals surface area (Å²) in [5.74, 6) is -0.519. The first-order valence-electron chi connectivity index (χ1n) is 7.78. The first-order valence-corrected chi connectivity index (χ1v) is 9.33. The van der Waals surface area contributed by atoms with Crippen molar-refractivity contribution in [3.8, 4) is 0 Å². The highest BCUT2D eigenvalue weighted by Gasteiger charge is 2.36. The molecule has 124 valence electrons. The second kappa shape index (κ2) is 6.31. The number of sulfone groups is 1. The van der Waals surface area contributed by atoms with Gasteiger partial charge in [-0.25, -0.2) is 13.2 Å². The van der Waals surface area contributed by atoms with Crippen LogP contribution in [0.15, 0.2) is 34.3 Å². The molecule has 2 aliphatic rings. The summed E-state index contributed by atoms with van der Waals surface area (Å²) in [4.78, 5) is 12.3. The average Bonchev–Trinajstić information content (AvgIpc) is 3.31. The van der Waals surface area contributed by atoms with E-state index < -0.39 is 15.8 Å². The minimum atomic E-state index is -3.22. The topological polar surface area (TPSA) is 76.0 Å². The van der Waals surface area contributed by atoms with E-state index in [9.17, 15) is 13.2 Å². The molecule has 0 aromatic heterocycles. The maximum absolute atomic E-state index is 12.2. The highest BCUT2D eigenvalue weighted by Crippen LogP contribution is 2.33. The Kier molecular flexibility index (Phi) is 4.39. The van der Waals surface area contributed by atoms with Crippen LogP contribution in [0.3, 0.4) is 0 Å². The van der Waals surface area contributed by atoms with E-state index in [0.29, 0.717) is 10.5 Å². The van der Waals surface area contributed by atoms with Crippen LogP contribution in [0.4, 0.5) is 0 Å². The van der Waals surface area contributed by atoms with Gasteiger partial charge < -0.3 is 4.74 Å². The van der Waals surface area contributed by atoms with E-state index in [0.717, 1.165) is 38.8 Å². The lowest BCUT2D eigenvalue weighted by Gasteiger charge is -2.13. The van der Waals surface area contributed by atoms with Crippen molar-refractivity contribution in [2.24, 2.45) is 5.10 Å². The molecule has 0 bridgehead atoms. The monoisotopic (exact) mass is 336 g/mol. The number of hydrazone groups is 1. The maximum atomic E-state index is 12.2. The van der Waals surface area contributed by atoms with Gasteiger partial charge in [0.15, 0.2) is 15.5 Å². The van der Waals surface area contributed by atoms with Crippen LogP contribution in [-0.4, -0.2) is 50.6 Å². The summed E-state index contributed by atoms with van der Waals surface area (Å²) < 4.78 is 29.2. The highest BCUT2D eigenvalue weighted by atomic mass is 32.2. The second-order valence-corrected chi connectivity index (χ2v) is 8.10. The van der Waals surface area contributed by atoms with E-state index in [4.69, 9.17) is 4.74 Å². The maximum Gasteiger partial charge on any atom is 0.359 e. The third kappa shape index (κ3) is 3.39. The van der Waals surface area contributed by atoms with E-state index in [2.05, 4.69) is 5.10 Å². The van der Waals surface area contributed by atoms with Gasteiger partial charge in [0.25, 0.3) is 0 Å². The molecule has 0 radical (unpaired) electrons. The molecule has 6 nitrogen and oxygen atoms in total. The zero-order valence-electron chi connectivity index (χ0n) is 13.1. The summed E-state index contributed by atoms with van der Waals surface area (Å²) in [6, 6.07) is 6.35. The fraction of sp³-hybridized carbons (Fsp3) is 0.500. The van der Waals surface area contributed by atoms with Crippen LogP contribution in [0, 0.1) is 0 Å². The Morgan fingerprint density at radius 2 is 1.78 bits per heavy atom. The second-order valence-electron chi connectivity index (χ2n) is 5.87. The molecule has 0 amide bonds. The number of benzene rings is 1. The molecule has 1 saturated heterocycles. The lowest BCUT2D eigenvalue weighted by Crippen LogP contribution is -2.23. The summed E-state index contributed by atoms with van der Waals surface area (Å²) in [6.45, 7) is 1.63. The fourth-order valence-corrected chi connectivity index (χ4v) is 4.29. The predicted molar refractivity (Wildman–Crippen MR) is 86.0 cm³/mol. The normalized spacial score (nSPS) is 19.0. The number of hydrogen-bond acceptors (Lipinski definition) is 6. The standard InChI is InChI=1S/C16H20N2O4S/c1-22-16(19)15(17-18-10-2-3-11-18)12-4-6-13(7-5-12)23(20,21)14-8-9-14/h4-7,14H,2-3,8-11H2,1H3/b17-15+. The van der Waals surface area contributed by atoms with Crippen LogP contribution in [-0.2, 0) is 19.4 Å². The van der Waals surface area contributed by atoms with Crippen molar-refractivity contribution >= 4 is 21.5 Å².